The van der Waals surface area contributed by atoms with E-state index in [2.05, 4.69) is 30.8 Å². The average molecular weight is 414 g/mol. The van der Waals surface area contributed by atoms with Crippen LogP contribution in [0.15, 0.2) is 28.1 Å². The molecule has 166 valence electrons. The quantitative estimate of drug-likeness (QED) is 0.735. The molecule has 1 aliphatic carbocycles. The Bertz CT molecular complexity index is 855. The highest BCUT2D eigenvalue weighted by Crippen LogP contribution is 2.44. The van der Waals surface area contributed by atoms with Gasteiger partial charge in [0.2, 0.25) is 0 Å². The zero-order chi connectivity index (χ0) is 21.5. The van der Waals surface area contributed by atoms with Crippen LogP contribution in [0.4, 0.5) is 0 Å². The summed E-state index contributed by atoms with van der Waals surface area (Å²) in [4.78, 5) is 14.9. The van der Waals surface area contributed by atoms with E-state index in [1.165, 1.54) is 30.4 Å². The van der Waals surface area contributed by atoms with Gasteiger partial charge in [-0.05, 0) is 76.7 Å². The Morgan fingerprint density at radius 2 is 1.83 bits per heavy atom. The first-order valence-electron chi connectivity index (χ1n) is 11.9. The molecule has 1 aromatic heterocycles. The molecule has 1 N–H and O–H groups in total. The third kappa shape index (κ3) is 4.43. The van der Waals surface area contributed by atoms with Crippen LogP contribution in [-0.4, -0.2) is 44.0 Å². The predicted octanol–water partition coefficient (Wildman–Crippen LogP) is 4.22. The number of aliphatic hydroxyl groups is 1. The number of piperidine rings is 2. The molecule has 0 saturated carbocycles. The van der Waals surface area contributed by atoms with Crippen molar-refractivity contribution in [3.63, 3.8) is 0 Å². The van der Waals surface area contributed by atoms with Crippen molar-refractivity contribution >= 4 is 0 Å². The molecule has 0 aromatic carbocycles. The van der Waals surface area contributed by atoms with Gasteiger partial charge >= 0.3 is 0 Å². The van der Waals surface area contributed by atoms with Gasteiger partial charge in [0, 0.05) is 24.7 Å². The maximum atomic E-state index is 12.2. The molecule has 0 amide bonds. The first kappa shape index (κ1) is 21.8. The molecule has 0 radical (unpaired) electrons. The molecule has 2 aliphatic heterocycles. The summed E-state index contributed by atoms with van der Waals surface area (Å²) >= 11 is 0. The lowest BCUT2D eigenvalue weighted by Crippen LogP contribution is -2.59. The molecule has 3 aliphatic rings. The number of hydrogen-bond donors (Lipinski definition) is 1. The lowest BCUT2D eigenvalue weighted by atomic mass is 9.71. The number of nitrogens with zero attached hydrogens (tertiary/aromatic N) is 3. The highest BCUT2D eigenvalue weighted by Gasteiger charge is 2.46. The molecule has 4 rings (SSSR count). The van der Waals surface area contributed by atoms with Gasteiger partial charge in [-0.3, -0.25) is 9.69 Å². The molecule has 2 atom stereocenters. The Morgan fingerprint density at radius 3 is 2.50 bits per heavy atom. The second-order valence-corrected chi connectivity index (χ2v) is 10.8. The Kier molecular flexibility index (Phi) is 5.97. The number of rotatable bonds is 5. The van der Waals surface area contributed by atoms with Gasteiger partial charge in [0.05, 0.1) is 17.8 Å². The van der Waals surface area contributed by atoms with E-state index in [4.69, 9.17) is 0 Å². The minimum atomic E-state index is -0.837. The summed E-state index contributed by atoms with van der Waals surface area (Å²) in [6.45, 7) is 10.5. The van der Waals surface area contributed by atoms with Crippen molar-refractivity contribution in [3.05, 3.63) is 39.3 Å². The zero-order valence-electron chi connectivity index (χ0n) is 19.3. The standard InChI is InChI=1S/C25H39N3O2/c1-18-7-6-13-24(3,4)22(18)12-14-27-20-8-5-9-21(27)16-25(30,15-20)17-28-23(29)11-10-19(2)26-28/h10-11,20-21,30H,5-9,12-17H2,1-4H3. The molecule has 2 unspecified atom stereocenters. The number of allylic oxidation sites excluding steroid dienone is 1. The molecular formula is C25H39N3O2. The molecule has 1 aromatic rings. The smallest absolute Gasteiger partial charge is 0.266 e. The van der Waals surface area contributed by atoms with Crippen LogP contribution in [0.3, 0.4) is 0 Å². The van der Waals surface area contributed by atoms with Crippen molar-refractivity contribution in [2.75, 3.05) is 6.54 Å². The third-order valence-corrected chi connectivity index (χ3v) is 7.99. The lowest BCUT2D eigenvalue weighted by Gasteiger charge is -2.52. The Balaban J connectivity index is 1.47. The molecule has 30 heavy (non-hydrogen) atoms. The molecule has 0 spiro atoms. The number of aryl methyl sites for hydroxylation is 1. The van der Waals surface area contributed by atoms with E-state index in [0.29, 0.717) is 24.0 Å². The van der Waals surface area contributed by atoms with Gasteiger partial charge in [0.25, 0.3) is 5.56 Å². The van der Waals surface area contributed by atoms with Crippen LogP contribution in [0.2, 0.25) is 0 Å². The highest BCUT2D eigenvalue weighted by atomic mass is 16.3. The highest BCUT2D eigenvalue weighted by molar-refractivity contribution is 5.23. The molecule has 2 bridgehead atoms. The first-order valence-corrected chi connectivity index (χ1v) is 11.9. The van der Waals surface area contributed by atoms with Gasteiger partial charge in [0.15, 0.2) is 0 Å². The normalized spacial score (nSPS) is 31.8. The Morgan fingerprint density at radius 1 is 1.13 bits per heavy atom. The summed E-state index contributed by atoms with van der Waals surface area (Å²) in [7, 11) is 0. The van der Waals surface area contributed by atoms with E-state index in [1.54, 1.807) is 23.3 Å². The van der Waals surface area contributed by atoms with Crippen LogP contribution in [0, 0.1) is 12.3 Å². The van der Waals surface area contributed by atoms with Crippen LogP contribution in [0.25, 0.3) is 0 Å². The van der Waals surface area contributed by atoms with Crippen LogP contribution in [-0.2, 0) is 6.54 Å². The van der Waals surface area contributed by atoms with E-state index in [9.17, 15) is 9.90 Å². The topological polar surface area (TPSA) is 58.4 Å². The third-order valence-electron chi connectivity index (χ3n) is 7.99. The number of hydrogen-bond acceptors (Lipinski definition) is 4. The second kappa shape index (κ2) is 8.23. The molecule has 2 fully saturated rings. The average Bonchev–Trinajstić information content (AvgIpc) is 2.64. The van der Waals surface area contributed by atoms with E-state index in [0.717, 1.165) is 44.3 Å². The summed E-state index contributed by atoms with van der Waals surface area (Å²) in [5, 5.41) is 15.8. The summed E-state index contributed by atoms with van der Waals surface area (Å²) in [5.41, 5.74) is 3.46. The van der Waals surface area contributed by atoms with Crippen molar-refractivity contribution < 1.29 is 5.11 Å². The molecular weight excluding hydrogens is 374 g/mol. The predicted molar refractivity (Wildman–Crippen MR) is 120 cm³/mol. The molecule has 5 heteroatoms. The van der Waals surface area contributed by atoms with Crippen LogP contribution < -0.4 is 5.56 Å². The van der Waals surface area contributed by atoms with Crippen molar-refractivity contribution in [1.29, 1.82) is 0 Å². The van der Waals surface area contributed by atoms with Crippen molar-refractivity contribution in [2.24, 2.45) is 5.41 Å². The molecule has 5 nitrogen and oxygen atoms in total. The van der Waals surface area contributed by atoms with Gasteiger partial charge in [-0.1, -0.05) is 31.4 Å². The monoisotopic (exact) mass is 413 g/mol. The minimum Gasteiger partial charge on any atom is -0.388 e. The van der Waals surface area contributed by atoms with Gasteiger partial charge in [-0.15, -0.1) is 0 Å². The summed E-state index contributed by atoms with van der Waals surface area (Å²) in [6, 6.07) is 4.12. The van der Waals surface area contributed by atoms with Crippen molar-refractivity contribution in [1.82, 2.24) is 14.7 Å². The van der Waals surface area contributed by atoms with Gasteiger partial charge in [-0.25, -0.2) is 4.68 Å². The number of fused-ring (bicyclic) bond motifs is 2. The maximum absolute atomic E-state index is 12.2. The number of aromatic nitrogens is 2. The molecule has 2 saturated heterocycles. The fourth-order valence-corrected chi connectivity index (χ4v) is 6.52. The van der Waals surface area contributed by atoms with Gasteiger partial charge in [-0.2, -0.15) is 5.10 Å². The fourth-order valence-electron chi connectivity index (χ4n) is 6.52. The van der Waals surface area contributed by atoms with Gasteiger partial charge < -0.3 is 5.11 Å². The summed E-state index contributed by atoms with van der Waals surface area (Å²) in [5.74, 6) is 0. The molecule has 3 heterocycles. The zero-order valence-corrected chi connectivity index (χ0v) is 19.3. The Hall–Kier alpha value is -1.46. The van der Waals surface area contributed by atoms with Crippen LogP contribution in [0.5, 0.6) is 0 Å². The van der Waals surface area contributed by atoms with Crippen LogP contribution >= 0.6 is 0 Å². The van der Waals surface area contributed by atoms with Crippen molar-refractivity contribution in [2.45, 2.75) is 110 Å². The lowest BCUT2D eigenvalue weighted by molar-refractivity contribution is -0.102. The van der Waals surface area contributed by atoms with E-state index in [1.807, 2.05) is 6.92 Å². The van der Waals surface area contributed by atoms with E-state index >= 15 is 0 Å². The fraction of sp³-hybridized carbons (Fsp3) is 0.760. The second-order valence-electron chi connectivity index (χ2n) is 10.8. The maximum Gasteiger partial charge on any atom is 0.266 e. The SMILES string of the molecule is CC1=C(CCN2C3CCCC2CC(O)(Cn2nc(C)ccc2=O)C3)C(C)(C)CCC1. The van der Waals surface area contributed by atoms with Crippen molar-refractivity contribution in [3.8, 4) is 0 Å². The summed E-state index contributed by atoms with van der Waals surface area (Å²) < 4.78 is 1.47. The first-order chi connectivity index (χ1) is 14.2. The van der Waals surface area contributed by atoms with E-state index in [-0.39, 0.29) is 5.56 Å². The Labute approximate surface area is 181 Å². The summed E-state index contributed by atoms with van der Waals surface area (Å²) in [6.07, 6.45) is 10.1. The largest absolute Gasteiger partial charge is 0.388 e. The van der Waals surface area contributed by atoms with E-state index < -0.39 is 5.60 Å². The van der Waals surface area contributed by atoms with Gasteiger partial charge in [0.1, 0.15) is 0 Å². The van der Waals surface area contributed by atoms with Crippen LogP contribution in [0.1, 0.15) is 84.3 Å². The minimum absolute atomic E-state index is 0.122.